The van der Waals surface area contributed by atoms with Gasteiger partial charge in [-0.25, -0.2) is 0 Å². The fourth-order valence-electron chi connectivity index (χ4n) is 3.77. The van der Waals surface area contributed by atoms with Crippen molar-refractivity contribution >= 4 is 28.5 Å². The number of benzene rings is 1. The SMILES string of the molecule is Cc1cc2oc3c(c(=O)c2cc1Cl)C(c1ccccn1)N(CCCN(C)C)C3=O. The van der Waals surface area contributed by atoms with Crippen molar-refractivity contribution < 1.29 is 9.21 Å². The quantitative estimate of drug-likeness (QED) is 0.641. The first-order valence-corrected chi connectivity index (χ1v) is 9.89. The van der Waals surface area contributed by atoms with Gasteiger partial charge in [-0.05, 0) is 63.8 Å². The highest BCUT2D eigenvalue weighted by Gasteiger charge is 2.43. The van der Waals surface area contributed by atoms with Crippen molar-refractivity contribution in [1.29, 1.82) is 0 Å². The van der Waals surface area contributed by atoms with Gasteiger partial charge in [0.1, 0.15) is 11.6 Å². The fourth-order valence-corrected chi connectivity index (χ4v) is 3.94. The zero-order valence-electron chi connectivity index (χ0n) is 16.6. The maximum Gasteiger partial charge on any atom is 0.290 e. The Kier molecular flexibility index (Phi) is 5.15. The summed E-state index contributed by atoms with van der Waals surface area (Å²) in [5.41, 5.74) is 1.92. The van der Waals surface area contributed by atoms with Crippen molar-refractivity contribution in [1.82, 2.24) is 14.8 Å². The molecule has 0 radical (unpaired) electrons. The van der Waals surface area contributed by atoms with Gasteiger partial charge in [0.25, 0.3) is 5.91 Å². The van der Waals surface area contributed by atoms with Crippen LogP contribution in [0, 0.1) is 6.92 Å². The molecule has 29 heavy (non-hydrogen) atoms. The molecule has 1 amide bonds. The van der Waals surface area contributed by atoms with Gasteiger partial charge in [0.05, 0.1) is 16.6 Å². The second kappa shape index (κ2) is 7.61. The molecule has 1 unspecified atom stereocenters. The first kappa shape index (κ1) is 19.6. The van der Waals surface area contributed by atoms with E-state index in [-0.39, 0.29) is 17.1 Å². The second-order valence-corrected chi connectivity index (χ2v) is 7.99. The van der Waals surface area contributed by atoms with Crippen molar-refractivity contribution in [2.24, 2.45) is 0 Å². The smallest absolute Gasteiger partial charge is 0.290 e. The molecule has 3 aromatic rings. The van der Waals surface area contributed by atoms with Gasteiger partial charge in [-0.1, -0.05) is 17.7 Å². The molecule has 1 aliphatic rings. The number of nitrogens with zero attached hydrogens (tertiary/aromatic N) is 3. The van der Waals surface area contributed by atoms with Gasteiger partial charge in [-0.15, -0.1) is 0 Å². The molecule has 2 aromatic heterocycles. The molecule has 0 fully saturated rings. The largest absolute Gasteiger partial charge is 0.450 e. The van der Waals surface area contributed by atoms with Gasteiger partial charge in [0, 0.05) is 17.8 Å². The Morgan fingerprint density at radius 1 is 1.24 bits per heavy atom. The standard InChI is InChI=1S/C22H22ClN3O3/c1-13-11-17-14(12-15(13)23)20(27)18-19(16-7-4-5-8-24-16)26(10-6-9-25(2)3)22(28)21(18)29-17/h4-5,7-8,11-12,19H,6,9-10H2,1-3H3. The average molecular weight is 412 g/mol. The van der Waals surface area contributed by atoms with Crippen LogP contribution in [-0.2, 0) is 0 Å². The molecule has 7 heteroatoms. The Morgan fingerprint density at radius 2 is 2.03 bits per heavy atom. The van der Waals surface area contributed by atoms with Crippen LogP contribution in [0.2, 0.25) is 5.02 Å². The number of hydrogen-bond acceptors (Lipinski definition) is 5. The summed E-state index contributed by atoms with van der Waals surface area (Å²) in [6.45, 7) is 3.16. The maximum absolute atomic E-state index is 13.4. The lowest BCUT2D eigenvalue weighted by molar-refractivity contribution is 0.0720. The zero-order valence-corrected chi connectivity index (χ0v) is 17.4. The molecule has 0 saturated heterocycles. The summed E-state index contributed by atoms with van der Waals surface area (Å²) >= 11 is 6.24. The van der Waals surface area contributed by atoms with E-state index < -0.39 is 6.04 Å². The summed E-state index contributed by atoms with van der Waals surface area (Å²) in [5.74, 6) is -0.175. The van der Waals surface area contributed by atoms with Gasteiger partial charge in [0.2, 0.25) is 5.76 Å². The topological polar surface area (TPSA) is 66.7 Å². The van der Waals surface area contributed by atoms with Crippen LogP contribution in [0.1, 0.15) is 39.8 Å². The first-order valence-electron chi connectivity index (χ1n) is 9.52. The molecule has 0 N–H and O–H groups in total. The summed E-state index contributed by atoms with van der Waals surface area (Å²) in [4.78, 5) is 34.8. The fraction of sp³-hybridized carbons (Fsp3) is 0.318. The number of aromatic nitrogens is 1. The van der Waals surface area contributed by atoms with Crippen molar-refractivity contribution in [3.05, 3.63) is 74.4 Å². The third-order valence-corrected chi connectivity index (χ3v) is 5.63. The predicted molar refractivity (Wildman–Crippen MR) is 113 cm³/mol. The van der Waals surface area contributed by atoms with Gasteiger partial charge in [-0.2, -0.15) is 0 Å². The average Bonchev–Trinajstić information content (AvgIpc) is 2.97. The predicted octanol–water partition coefficient (Wildman–Crippen LogP) is 3.65. The Hall–Kier alpha value is -2.70. The van der Waals surface area contributed by atoms with Crippen LogP contribution in [0.4, 0.5) is 0 Å². The van der Waals surface area contributed by atoms with E-state index in [2.05, 4.69) is 9.88 Å². The molecule has 0 spiro atoms. The molecule has 0 bridgehead atoms. The highest BCUT2D eigenvalue weighted by molar-refractivity contribution is 6.32. The summed E-state index contributed by atoms with van der Waals surface area (Å²) in [6.07, 6.45) is 2.44. The molecular weight excluding hydrogens is 390 g/mol. The lowest BCUT2D eigenvalue weighted by Gasteiger charge is -2.24. The summed E-state index contributed by atoms with van der Waals surface area (Å²) < 4.78 is 5.95. The minimum atomic E-state index is -0.568. The number of carbonyl (C=O) groups excluding carboxylic acids is 1. The zero-order chi connectivity index (χ0) is 20.7. The van der Waals surface area contributed by atoms with Crippen molar-refractivity contribution in [3.8, 4) is 0 Å². The van der Waals surface area contributed by atoms with Crippen LogP contribution in [0.15, 0.2) is 45.7 Å². The summed E-state index contributed by atoms with van der Waals surface area (Å²) in [7, 11) is 3.97. The Bertz CT molecular complexity index is 1140. The van der Waals surface area contributed by atoms with Crippen LogP contribution in [-0.4, -0.2) is 47.9 Å². The number of aryl methyl sites for hydroxylation is 1. The molecule has 6 nitrogen and oxygen atoms in total. The van der Waals surface area contributed by atoms with Gasteiger partial charge in [-0.3, -0.25) is 14.6 Å². The van der Waals surface area contributed by atoms with Gasteiger partial charge < -0.3 is 14.2 Å². The normalized spacial score (nSPS) is 16.1. The van der Waals surface area contributed by atoms with Gasteiger partial charge in [0.15, 0.2) is 5.43 Å². The third-order valence-electron chi connectivity index (χ3n) is 5.22. The van der Waals surface area contributed by atoms with Crippen molar-refractivity contribution in [3.63, 3.8) is 0 Å². The Balaban J connectivity index is 1.89. The molecule has 1 aliphatic heterocycles. The lowest BCUT2D eigenvalue weighted by atomic mass is 10.0. The number of amides is 1. The van der Waals surface area contributed by atoms with E-state index in [4.69, 9.17) is 16.0 Å². The van der Waals surface area contributed by atoms with E-state index in [1.54, 1.807) is 23.2 Å². The van der Waals surface area contributed by atoms with E-state index in [0.717, 1.165) is 18.5 Å². The number of rotatable bonds is 5. The van der Waals surface area contributed by atoms with E-state index >= 15 is 0 Å². The summed E-state index contributed by atoms with van der Waals surface area (Å²) in [5, 5.41) is 0.870. The molecule has 1 atom stereocenters. The van der Waals surface area contributed by atoms with Gasteiger partial charge >= 0.3 is 0 Å². The van der Waals surface area contributed by atoms with E-state index in [9.17, 15) is 9.59 Å². The number of carbonyl (C=O) groups is 1. The number of pyridine rings is 1. The van der Waals surface area contributed by atoms with Crippen LogP contribution < -0.4 is 5.43 Å². The number of hydrogen-bond donors (Lipinski definition) is 0. The molecule has 0 saturated carbocycles. The van der Waals surface area contributed by atoms with Crippen molar-refractivity contribution in [2.75, 3.05) is 27.2 Å². The maximum atomic E-state index is 13.4. The summed E-state index contributed by atoms with van der Waals surface area (Å²) in [6, 6.07) is 8.25. The van der Waals surface area contributed by atoms with Crippen LogP contribution in [0.25, 0.3) is 11.0 Å². The molecule has 1 aromatic carbocycles. The Morgan fingerprint density at radius 3 is 2.72 bits per heavy atom. The molecule has 3 heterocycles. The second-order valence-electron chi connectivity index (χ2n) is 7.58. The number of halogens is 1. The minimum absolute atomic E-state index is 0.102. The third kappa shape index (κ3) is 3.43. The molecular formula is C22H22ClN3O3. The van der Waals surface area contributed by atoms with Crippen LogP contribution in [0.3, 0.4) is 0 Å². The van der Waals surface area contributed by atoms with E-state index in [0.29, 0.717) is 33.8 Å². The molecule has 0 aliphatic carbocycles. The van der Waals surface area contributed by atoms with E-state index in [1.807, 2.05) is 39.2 Å². The van der Waals surface area contributed by atoms with Crippen LogP contribution >= 0.6 is 11.6 Å². The highest BCUT2D eigenvalue weighted by atomic mass is 35.5. The van der Waals surface area contributed by atoms with Crippen LogP contribution in [0.5, 0.6) is 0 Å². The first-order chi connectivity index (χ1) is 13.9. The molecule has 4 rings (SSSR count). The molecule has 150 valence electrons. The van der Waals surface area contributed by atoms with Crippen molar-refractivity contribution in [2.45, 2.75) is 19.4 Å². The Labute approximate surface area is 173 Å². The lowest BCUT2D eigenvalue weighted by Crippen LogP contribution is -2.32. The minimum Gasteiger partial charge on any atom is -0.450 e. The van der Waals surface area contributed by atoms with E-state index in [1.165, 1.54) is 0 Å². The monoisotopic (exact) mass is 411 g/mol. The number of fused-ring (bicyclic) bond motifs is 2. The highest BCUT2D eigenvalue weighted by Crippen LogP contribution is 2.37.